The minimum absolute atomic E-state index is 0.569. The van der Waals surface area contributed by atoms with Gasteiger partial charge in [-0.3, -0.25) is 13.7 Å². The van der Waals surface area contributed by atoms with Crippen molar-refractivity contribution in [3.05, 3.63) is 11.5 Å². The van der Waals surface area contributed by atoms with Crippen molar-refractivity contribution in [1.29, 1.82) is 0 Å². The molecule has 0 aromatic carbocycles. The zero-order valence-corrected chi connectivity index (χ0v) is 18.8. The Morgan fingerprint density at radius 3 is 2.18 bits per heavy atom. The first-order valence-corrected chi connectivity index (χ1v) is 12.8. The summed E-state index contributed by atoms with van der Waals surface area (Å²) in [6, 6.07) is -1.92. The summed E-state index contributed by atoms with van der Waals surface area (Å²) in [6.07, 6.45) is -10.2. The number of carboxylic acid groups (broad SMARTS) is 1. The molecule has 198 valence electrons. The fourth-order valence-corrected chi connectivity index (χ4v) is 4.30. The lowest BCUT2D eigenvalue weighted by atomic mass is 10.0. The van der Waals surface area contributed by atoms with Crippen molar-refractivity contribution in [3.8, 4) is 0 Å². The van der Waals surface area contributed by atoms with Gasteiger partial charge in [-0.2, -0.15) is 30.0 Å². The minimum Gasteiger partial charge on any atom is -0.481 e. The molecular formula is C12H19NO18S3. The van der Waals surface area contributed by atoms with Gasteiger partial charge in [0.2, 0.25) is 12.0 Å². The Balaban J connectivity index is 2.40. The van der Waals surface area contributed by atoms with E-state index in [9.17, 15) is 45.4 Å². The second-order valence-corrected chi connectivity index (χ2v) is 10.0. The van der Waals surface area contributed by atoms with Crippen LogP contribution in [0.15, 0.2) is 11.5 Å². The highest BCUT2D eigenvalue weighted by atomic mass is 32.3. The lowest BCUT2D eigenvalue weighted by Crippen LogP contribution is -2.59. The average Bonchev–Trinajstić information content (AvgIpc) is 2.63. The fraction of sp³-hybridized carbons (Fsp3) is 0.750. The molecule has 6 atom stereocenters. The number of aliphatic hydroxyl groups is 2. The van der Waals surface area contributed by atoms with Gasteiger partial charge < -0.3 is 29.5 Å². The van der Waals surface area contributed by atoms with Crippen molar-refractivity contribution in [3.63, 3.8) is 0 Å². The van der Waals surface area contributed by atoms with E-state index < -0.39 is 105 Å². The van der Waals surface area contributed by atoms with Crippen molar-refractivity contribution in [2.24, 2.45) is 0 Å². The van der Waals surface area contributed by atoms with Crippen LogP contribution in [0.4, 0.5) is 0 Å². The van der Waals surface area contributed by atoms with Gasteiger partial charge in [-0.05, 0) is 0 Å². The summed E-state index contributed by atoms with van der Waals surface area (Å²) in [4.78, 5) is 11.5. The second kappa shape index (κ2) is 10.5. The molecule has 2 aliphatic heterocycles. The van der Waals surface area contributed by atoms with Crippen molar-refractivity contribution in [2.75, 3.05) is 13.2 Å². The van der Waals surface area contributed by atoms with Crippen LogP contribution in [-0.2, 0) is 58.5 Å². The Morgan fingerprint density at radius 1 is 1.06 bits per heavy atom. The first-order chi connectivity index (χ1) is 15.4. The number of rotatable bonds is 10. The minimum atomic E-state index is -5.18. The predicted molar refractivity (Wildman–Crippen MR) is 99.4 cm³/mol. The van der Waals surface area contributed by atoms with E-state index >= 15 is 0 Å². The summed E-state index contributed by atoms with van der Waals surface area (Å²) in [7, 11) is -15.2. The molecule has 0 amide bonds. The molecule has 2 rings (SSSR count). The summed E-state index contributed by atoms with van der Waals surface area (Å²) in [6.45, 7) is -1.87. The highest BCUT2D eigenvalue weighted by Crippen LogP contribution is 2.30. The summed E-state index contributed by atoms with van der Waals surface area (Å²) in [5, 5.41) is 29.8. The lowest BCUT2D eigenvalue weighted by Gasteiger charge is -2.40. The molecule has 2 heterocycles. The zero-order chi connectivity index (χ0) is 26.1. The fourth-order valence-electron chi connectivity index (χ4n) is 2.89. The van der Waals surface area contributed by atoms with E-state index in [1.807, 2.05) is 0 Å². The van der Waals surface area contributed by atoms with Crippen LogP contribution in [0.25, 0.3) is 0 Å². The number of carbonyl (C=O) groups is 1. The van der Waals surface area contributed by atoms with Gasteiger partial charge in [0.1, 0.15) is 24.9 Å². The Kier molecular flexibility index (Phi) is 8.82. The Hall–Kier alpha value is -1.70. The second-order valence-electron chi connectivity index (χ2n) is 6.70. The molecule has 19 nitrogen and oxygen atoms in total. The molecule has 1 saturated heterocycles. The van der Waals surface area contributed by atoms with Gasteiger partial charge in [-0.1, -0.05) is 0 Å². The number of ether oxygens (including phenoxy) is 3. The lowest BCUT2D eigenvalue weighted by molar-refractivity contribution is -0.229. The molecule has 0 aromatic rings. The summed E-state index contributed by atoms with van der Waals surface area (Å²) < 4.78 is 117. The molecular weight excluding hydrogens is 542 g/mol. The number of hydrogen-bond acceptors (Lipinski definition) is 14. The van der Waals surface area contributed by atoms with Crippen molar-refractivity contribution >= 4 is 37.1 Å². The SMILES string of the molecule is O=C(O)C1=C(O[C@@H]2OC(COS(=O)(=O)O)C[C@H](O)C2NS(=O)(=O)O)[C@H](O)C(OS(=O)(=O)O)CO1. The van der Waals surface area contributed by atoms with Crippen molar-refractivity contribution in [2.45, 2.75) is 43.2 Å². The van der Waals surface area contributed by atoms with Gasteiger partial charge in [0.25, 0.3) is 0 Å². The molecule has 0 aliphatic carbocycles. The van der Waals surface area contributed by atoms with E-state index in [0.717, 1.165) is 0 Å². The van der Waals surface area contributed by atoms with E-state index in [4.69, 9.17) is 27.9 Å². The maximum atomic E-state index is 11.5. The molecule has 0 aromatic heterocycles. The van der Waals surface area contributed by atoms with Crippen LogP contribution in [0, 0.1) is 0 Å². The Labute approximate surface area is 191 Å². The highest BCUT2D eigenvalue weighted by Gasteiger charge is 2.46. The normalized spacial score (nSPS) is 31.1. The third kappa shape index (κ3) is 8.51. The predicted octanol–water partition coefficient (Wildman–Crippen LogP) is -4.07. The Bertz CT molecular complexity index is 1110. The van der Waals surface area contributed by atoms with Gasteiger partial charge in [-0.25, -0.2) is 13.2 Å². The number of nitrogens with one attached hydrogen (secondary N) is 1. The molecule has 0 saturated carbocycles. The molecule has 3 unspecified atom stereocenters. The van der Waals surface area contributed by atoms with Gasteiger partial charge in [0, 0.05) is 6.42 Å². The number of aliphatic hydroxyl groups excluding tert-OH is 2. The van der Waals surface area contributed by atoms with E-state index in [2.05, 4.69) is 8.37 Å². The van der Waals surface area contributed by atoms with Crippen LogP contribution in [0.2, 0.25) is 0 Å². The molecule has 0 bridgehead atoms. The van der Waals surface area contributed by atoms with E-state index in [1.165, 1.54) is 4.72 Å². The van der Waals surface area contributed by atoms with Crippen LogP contribution in [0.1, 0.15) is 6.42 Å². The van der Waals surface area contributed by atoms with Gasteiger partial charge in [0.15, 0.2) is 5.76 Å². The third-order valence-electron chi connectivity index (χ3n) is 4.15. The Morgan fingerprint density at radius 2 is 1.68 bits per heavy atom. The van der Waals surface area contributed by atoms with Crippen LogP contribution < -0.4 is 4.72 Å². The smallest absolute Gasteiger partial charge is 0.397 e. The highest BCUT2D eigenvalue weighted by molar-refractivity contribution is 7.83. The van der Waals surface area contributed by atoms with E-state index in [0.29, 0.717) is 0 Å². The molecule has 0 spiro atoms. The largest absolute Gasteiger partial charge is 0.481 e. The van der Waals surface area contributed by atoms with Crippen molar-refractivity contribution in [1.82, 2.24) is 4.72 Å². The first-order valence-electron chi connectivity index (χ1n) is 8.67. The summed E-state index contributed by atoms with van der Waals surface area (Å²) in [5.74, 6) is -4.13. The third-order valence-corrected chi connectivity index (χ3v) is 5.64. The molecule has 2 aliphatic rings. The van der Waals surface area contributed by atoms with Gasteiger partial charge in [0.05, 0.1) is 18.8 Å². The van der Waals surface area contributed by atoms with Gasteiger partial charge in [-0.15, -0.1) is 0 Å². The van der Waals surface area contributed by atoms with Crippen molar-refractivity contribution < 1.29 is 81.6 Å². The zero-order valence-electron chi connectivity index (χ0n) is 16.4. The van der Waals surface area contributed by atoms with Crippen LogP contribution in [0.5, 0.6) is 0 Å². The molecule has 1 fully saturated rings. The first kappa shape index (κ1) is 28.5. The number of aliphatic carboxylic acids is 1. The van der Waals surface area contributed by atoms with Gasteiger partial charge >= 0.3 is 37.1 Å². The number of carboxylic acids is 1. The molecule has 34 heavy (non-hydrogen) atoms. The molecule has 0 radical (unpaired) electrons. The summed E-state index contributed by atoms with van der Waals surface area (Å²) >= 11 is 0. The molecule has 22 heteroatoms. The molecule has 7 N–H and O–H groups in total. The van der Waals surface area contributed by atoms with E-state index in [1.54, 1.807) is 0 Å². The number of hydrogen-bond donors (Lipinski definition) is 7. The van der Waals surface area contributed by atoms with Crippen LogP contribution >= 0.6 is 0 Å². The summed E-state index contributed by atoms with van der Waals surface area (Å²) in [5.41, 5.74) is 0. The maximum Gasteiger partial charge on any atom is 0.397 e. The monoisotopic (exact) mass is 561 g/mol. The topological polar surface area (TPSA) is 299 Å². The van der Waals surface area contributed by atoms with E-state index in [-0.39, 0.29) is 0 Å². The maximum absolute atomic E-state index is 11.5. The standard InChI is InChI=1S/C12H19NO18S3/c14-5-1-4(2-28-33(21,22)23)29-12(7(5)13-32(18,19)20)30-9-8(15)6(31-34(24,25)26)3-27-10(9)11(16)17/h4-8,12-15H,1-3H2,(H,16,17)(H,18,19,20)(H,21,22,23)(H,24,25,26)/t4?,5-,6?,7?,8+,12-/m0/s1. The average molecular weight is 561 g/mol. The van der Waals surface area contributed by atoms with Crippen LogP contribution in [-0.4, -0.2) is 110 Å². The quantitative estimate of drug-likeness (QED) is 0.125. The van der Waals surface area contributed by atoms with Crippen LogP contribution in [0.3, 0.4) is 0 Å².